The van der Waals surface area contributed by atoms with Crippen molar-refractivity contribution in [3.8, 4) is 0 Å². The Labute approximate surface area is 174 Å². The van der Waals surface area contributed by atoms with Crippen LogP contribution in [0.1, 0.15) is 22.8 Å². The Balaban J connectivity index is 1.62. The molecular weight excluding hydrogens is 398 g/mol. The number of sulfonamides is 1. The van der Waals surface area contributed by atoms with Crippen LogP contribution in [-0.2, 0) is 23.0 Å². The van der Waals surface area contributed by atoms with E-state index in [1.165, 1.54) is 4.31 Å². The van der Waals surface area contributed by atoms with Gasteiger partial charge in [-0.25, -0.2) is 8.42 Å². The number of aliphatic hydroxyl groups is 1. The minimum Gasteiger partial charge on any atom is -0.387 e. The molecule has 6 nitrogen and oxygen atoms in total. The molecule has 0 unspecified atom stereocenters. The van der Waals surface area contributed by atoms with Crippen LogP contribution in [0.3, 0.4) is 0 Å². The molecule has 0 fully saturated rings. The van der Waals surface area contributed by atoms with Crippen molar-refractivity contribution in [2.75, 3.05) is 0 Å². The summed E-state index contributed by atoms with van der Waals surface area (Å²) >= 11 is 0. The number of nitrogens with zero attached hydrogens (tertiary/aromatic N) is 2. The van der Waals surface area contributed by atoms with Gasteiger partial charge in [0, 0.05) is 41.6 Å². The average Bonchev–Trinajstić information content (AvgIpc) is 3.18. The van der Waals surface area contributed by atoms with Crippen molar-refractivity contribution in [1.29, 1.82) is 0 Å². The van der Waals surface area contributed by atoms with Crippen LogP contribution in [-0.4, -0.2) is 33.8 Å². The van der Waals surface area contributed by atoms with E-state index in [0.717, 1.165) is 22.0 Å². The third-order valence-electron chi connectivity index (χ3n) is 5.72. The standard InChI is InChI=1S/C23H21N3O3S/c27-23-19-8-2-4-10-22(19)30(28,29)26(15-16-6-5-11-24-13-16)21(23)12-17-14-25-20-9-3-1-7-18(17)20/h1-11,13-14,21,23,25,27H,12,15H2/t21-,23-/m1/s1. The molecule has 0 bridgehead atoms. The number of hydrogen-bond acceptors (Lipinski definition) is 4. The molecule has 7 heteroatoms. The molecule has 1 aliphatic rings. The van der Waals surface area contributed by atoms with E-state index in [9.17, 15) is 13.5 Å². The van der Waals surface area contributed by atoms with E-state index in [2.05, 4.69) is 9.97 Å². The maximum atomic E-state index is 13.5. The lowest BCUT2D eigenvalue weighted by molar-refractivity contribution is 0.0771. The Kier molecular flexibility index (Phi) is 4.66. The van der Waals surface area contributed by atoms with Gasteiger partial charge in [-0.2, -0.15) is 4.31 Å². The summed E-state index contributed by atoms with van der Waals surface area (Å²) in [5, 5.41) is 12.3. The summed E-state index contributed by atoms with van der Waals surface area (Å²) < 4.78 is 28.5. The summed E-state index contributed by atoms with van der Waals surface area (Å²) in [4.78, 5) is 7.51. The number of para-hydroxylation sites is 1. The maximum absolute atomic E-state index is 13.5. The predicted octanol–water partition coefficient (Wildman–Crippen LogP) is 3.41. The predicted molar refractivity (Wildman–Crippen MR) is 114 cm³/mol. The highest BCUT2D eigenvalue weighted by atomic mass is 32.2. The minimum atomic E-state index is -3.78. The van der Waals surface area contributed by atoms with Crippen molar-refractivity contribution in [3.63, 3.8) is 0 Å². The van der Waals surface area contributed by atoms with E-state index in [1.807, 2.05) is 36.5 Å². The van der Waals surface area contributed by atoms with Crippen molar-refractivity contribution in [2.24, 2.45) is 0 Å². The highest BCUT2D eigenvalue weighted by molar-refractivity contribution is 7.89. The molecule has 2 atom stereocenters. The number of pyridine rings is 1. The summed E-state index contributed by atoms with van der Waals surface area (Å²) in [5.41, 5.74) is 3.18. The smallest absolute Gasteiger partial charge is 0.244 e. The Bertz CT molecular complexity index is 1300. The fraction of sp³-hybridized carbons (Fsp3) is 0.174. The van der Waals surface area contributed by atoms with Gasteiger partial charge in [-0.15, -0.1) is 0 Å². The van der Waals surface area contributed by atoms with Gasteiger partial charge < -0.3 is 10.1 Å². The number of aliphatic hydroxyl groups excluding tert-OH is 1. The molecule has 0 aliphatic carbocycles. The second kappa shape index (κ2) is 7.36. The zero-order valence-corrected chi connectivity index (χ0v) is 17.0. The lowest BCUT2D eigenvalue weighted by Crippen LogP contribution is -2.48. The topological polar surface area (TPSA) is 86.3 Å². The molecule has 0 amide bonds. The lowest BCUT2D eigenvalue weighted by Gasteiger charge is -2.39. The van der Waals surface area contributed by atoms with E-state index >= 15 is 0 Å². The first-order valence-electron chi connectivity index (χ1n) is 9.78. The quantitative estimate of drug-likeness (QED) is 0.531. The van der Waals surface area contributed by atoms with E-state index in [4.69, 9.17) is 0 Å². The number of hydrogen-bond donors (Lipinski definition) is 2. The van der Waals surface area contributed by atoms with E-state index in [-0.39, 0.29) is 11.4 Å². The van der Waals surface area contributed by atoms with Gasteiger partial charge in [0.2, 0.25) is 10.0 Å². The van der Waals surface area contributed by atoms with Gasteiger partial charge in [-0.3, -0.25) is 4.98 Å². The highest BCUT2D eigenvalue weighted by Gasteiger charge is 2.43. The minimum absolute atomic E-state index is 0.147. The molecule has 0 radical (unpaired) electrons. The molecule has 4 aromatic rings. The van der Waals surface area contributed by atoms with Crippen LogP contribution >= 0.6 is 0 Å². The normalized spacial score (nSPS) is 20.8. The third-order valence-corrected chi connectivity index (χ3v) is 7.67. The van der Waals surface area contributed by atoms with Crippen LogP contribution in [0.25, 0.3) is 10.9 Å². The number of H-pyrrole nitrogens is 1. The number of nitrogens with one attached hydrogen (secondary N) is 1. The Morgan fingerprint density at radius 1 is 1.03 bits per heavy atom. The number of aromatic nitrogens is 2. The molecule has 1 aliphatic heterocycles. The van der Waals surface area contributed by atoms with Crippen molar-refractivity contribution < 1.29 is 13.5 Å². The van der Waals surface area contributed by atoms with Crippen molar-refractivity contribution in [1.82, 2.24) is 14.3 Å². The Morgan fingerprint density at radius 2 is 1.83 bits per heavy atom. The largest absolute Gasteiger partial charge is 0.387 e. The number of fused-ring (bicyclic) bond motifs is 2. The molecule has 5 rings (SSSR count). The molecule has 0 spiro atoms. The summed E-state index contributed by atoms with van der Waals surface area (Å²) in [6.07, 6.45) is 4.66. The Hall–Kier alpha value is -3.00. The fourth-order valence-corrected chi connectivity index (χ4v) is 6.10. The molecule has 2 aromatic carbocycles. The second-order valence-corrected chi connectivity index (χ2v) is 9.38. The van der Waals surface area contributed by atoms with Gasteiger partial charge >= 0.3 is 0 Å². The third kappa shape index (κ3) is 3.11. The Morgan fingerprint density at radius 3 is 2.67 bits per heavy atom. The van der Waals surface area contributed by atoms with Gasteiger partial charge in [-0.1, -0.05) is 42.5 Å². The average molecular weight is 420 g/mol. The van der Waals surface area contributed by atoms with Crippen LogP contribution in [0.5, 0.6) is 0 Å². The summed E-state index contributed by atoms with van der Waals surface area (Å²) in [6.45, 7) is 0.147. The van der Waals surface area contributed by atoms with E-state index < -0.39 is 22.2 Å². The van der Waals surface area contributed by atoms with E-state index in [1.54, 1.807) is 42.7 Å². The van der Waals surface area contributed by atoms with Crippen LogP contribution in [0, 0.1) is 0 Å². The first-order valence-corrected chi connectivity index (χ1v) is 11.2. The second-order valence-electron chi connectivity index (χ2n) is 7.53. The molecule has 3 heterocycles. The van der Waals surface area contributed by atoms with Crippen molar-refractivity contribution >= 4 is 20.9 Å². The number of aromatic amines is 1. The SMILES string of the molecule is O=S1(=O)c2ccccc2[C@@H](O)[C@@H](Cc2c[nH]c3ccccc23)N1Cc1cccnc1. The van der Waals surface area contributed by atoms with Crippen molar-refractivity contribution in [2.45, 2.75) is 30.0 Å². The van der Waals surface area contributed by atoms with Crippen molar-refractivity contribution in [3.05, 3.63) is 95.9 Å². The molecule has 2 aromatic heterocycles. The van der Waals surface area contributed by atoms with E-state index in [0.29, 0.717) is 12.0 Å². The van der Waals surface area contributed by atoms with Crippen LogP contribution in [0.4, 0.5) is 0 Å². The van der Waals surface area contributed by atoms with Crippen LogP contribution in [0.2, 0.25) is 0 Å². The van der Waals surface area contributed by atoms with Gasteiger partial charge in [-0.05, 0) is 35.7 Å². The molecular formula is C23H21N3O3S. The zero-order valence-electron chi connectivity index (χ0n) is 16.1. The first-order chi connectivity index (χ1) is 14.6. The van der Waals surface area contributed by atoms with Gasteiger partial charge in [0.1, 0.15) is 0 Å². The summed E-state index contributed by atoms with van der Waals surface area (Å²) in [5.74, 6) is 0. The molecule has 0 saturated heterocycles. The zero-order chi connectivity index (χ0) is 20.7. The molecule has 152 valence electrons. The highest BCUT2D eigenvalue weighted by Crippen LogP contribution is 2.39. The molecule has 30 heavy (non-hydrogen) atoms. The number of rotatable bonds is 4. The van der Waals surface area contributed by atoms with Gasteiger partial charge in [0.15, 0.2) is 0 Å². The van der Waals surface area contributed by atoms with Gasteiger partial charge in [0.05, 0.1) is 17.0 Å². The lowest BCUT2D eigenvalue weighted by atomic mass is 9.95. The maximum Gasteiger partial charge on any atom is 0.244 e. The summed E-state index contributed by atoms with van der Waals surface area (Å²) in [7, 11) is -3.78. The summed E-state index contributed by atoms with van der Waals surface area (Å²) in [6, 6.07) is 17.6. The van der Waals surface area contributed by atoms with Gasteiger partial charge in [0.25, 0.3) is 0 Å². The van der Waals surface area contributed by atoms with Crippen LogP contribution in [0.15, 0.2) is 84.1 Å². The molecule has 0 saturated carbocycles. The number of benzene rings is 2. The monoisotopic (exact) mass is 419 g/mol. The van der Waals surface area contributed by atoms with Crippen LogP contribution < -0.4 is 0 Å². The molecule has 2 N–H and O–H groups in total. The first kappa shape index (κ1) is 19.0. The fourth-order valence-electron chi connectivity index (χ4n) is 4.24.